The number of hydrogen-bond acceptors (Lipinski definition) is 7. The average Bonchev–Trinajstić information content (AvgIpc) is 3.56. The number of benzene rings is 1. The van der Waals surface area contributed by atoms with Gasteiger partial charge in [0.25, 0.3) is 11.8 Å². The summed E-state index contributed by atoms with van der Waals surface area (Å²) in [5.74, 6) is 0.674. The maximum atomic E-state index is 14.1. The predicted octanol–water partition coefficient (Wildman–Crippen LogP) is 0.934. The molecule has 6 rings (SSSR count). The van der Waals surface area contributed by atoms with Crippen LogP contribution in [0, 0.1) is 0 Å². The summed E-state index contributed by atoms with van der Waals surface area (Å²) >= 11 is 0. The quantitative estimate of drug-likeness (QED) is 0.537. The molecule has 11 heteroatoms. The van der Waals surface area contributed by atoms with Gasteiger partial charge < -0.3 is 24.4 Å². The molecule has 11 nitrogen and oxygen atoms in total. The number of aryl methyl sites for hydroxylation is 1. The molecule has 0 saturated carbocycles. The smallest absolute Gasteiger partial charge is 0.257 e. The maximum absolute atomic E-state index is 14.1. The number of aromatic nitrogens is 3. The number of pyridine rings is 1. The van der Waals surface area contributed by atoms with E-state index in [0.717, 1.165) is 5.82 Å². The van der Waals surface area contributed by atoms with Crippen LogP contribution in [0.2, 0.25) is 0 Å². The summed E-state index contributed by atoms with van der Waals surface area (Å²) in [4.78, 5) is 55.1. The van der Waals surface area contributed by atoms with E-state index in [1.54, 1.807) is 41.6 Å². The summed E-state index contributed by atoms with van der Waals surface area (Å²) in [5, 5.41) is 3.09. The molecule has 2 fully saturated rings. The molecule has 1 aromatic carbocycles. The largest absolute Gasteiger partial charge is 0.475 e. The van der Waals surface area contributed by atoms with Gasteiger partial charge in [-0.25, -0.2) is 9.97 Å². The van der Waals surface area contributed by atoms with E-state index < -0.39 is 12.1 Å². The van der Waals surface area contributed by atoms with E-state index in [0.29, 0.717) is 50.3 Å². The van der Waals surface area contributed by atoms with E-state index in [-0.39, 0.29) is 36.3 Å². The number of nitrogens with one attached hydrogen (secondary N) is 1. The molecule has 202 valence electrons. The number of nitrogens with zero attached hydrogens (tertiary/aromatic N) is 6. The lowest BCUT2D eigenvalue weighted by molar-refractivity contribution is -0.141. The number of ether oxygens (including phenoxy) is 1. The second-order valence-corrected chi connectivity index (χ2v) is 10.3. The monoisotopic (exact) mass is 529 g/mol. The van der Waals surface area contributed by atoms with Crippen molar-refractivity contribution in [1.82, 2.24) is 34.6 Å². The number of fused-ring (bicyclic) bond motifs is 4. The number of likely N-dealkylation sites (tertiary alicyclic amines) is 1. The molecule has 39 heavy (non-hydrogen) atoms. The molecule has 3 aliphatic rings. The van der Waals surface area contributed by atoms with Gasteiger partial charge in [0.15, 0.2) is 0 Å². The van der Waals surface area contributed by atoms with Gasteiger partial charge >= 0.3 is 0 Å². The van der Waals surface area contributed by atoms with E-state index in [1.165, 1.54) is 0 Å². The van der Waals surface area contributed by atoms with E-state index in [2.05, 4.69) is 20.2 Å². The van der Waals surface area contributed by atoms with Crippen LogP contribution in [0.5, 0.6) is 5.88 Å². The van der Waals surface area contributed by atoms with E-state index in [9.17, 15) is 14.4 Å². The Morgan fingerprint density at radius 1 is 1.05 bits per heavy atom. The second kappa shape index (κ2) is 10.5. The van der Waals surface area contributed by atoms with Gasteiger partial charge in [0.1, 0.15) is 18.0 Å². The van der Waals surface area contributed by atoms with Crippen molar-refractivity contribution in [3.05, 3.63) is 78.0 Å². The Morgan fingerprint density at radius 2 is 1.90 bits per heavy atom. The summed E-state index contributed by atoms with van der Waals surface area (Å²) in [6.07, 6.45) is 5.68. The van der Waals surface area contributed by atoms with Crippen molar-refractivity contribution in [2.45, 2.75) is 31.1 Å². The predicted molar refractivity (Wildman–Crippen MR) is 141 cm³/mol. The first-order valence-corrected chi connectivity index (χ1v) is 13.2. The summed E-state index contributed by atoms with van der Waals surface area (Å²) < 4.78 is 8.01. The van der Waals surface area contributed by atoms with Crippen molar-refractivity contribution in [2.75, 3.05) is 32.8 Å². The van der Waals surface area contributed by atoms with Crippen LogP contribution in [-0.2, 0) is 18.4 Å². The third-order valence-corrected chi connectivity index (χ3v) is 7.79. The Bertz CT molecular complexity index is 1380. The zero-order chi connectivity index (χ0) is 26.9. The molecule has 0 unspecified atom stereocenters. The SMILES string of the molecule is Cn1ccnc1CN1C[C@@H]2C[C@H]1C(=O)N1CCN(C(=O)c3ccccc3)C[C@H]1COc1ncccc1C(=O)N2. The minimum absolute atomic E-state index is 0.0248. The van der Waals surface area contributed by atoms with Gasteiger partial charge in [-0.3, -0.25) is 19.3 Å². The van der Waals surface area contributed by atoms with Crippen molar-refractivity contribution in [3.63, 3.8) is 0 Å². The molecule has 5 heterocycles. The van der Waals surface area contributed by atoms with Crippen molar-refractivity contribution in [3.8, 4) is 5.88 Å². The topological polar surface area (TPSA) is 113 Å². The number of carbonyl (C=O) groups excluding carboxylic acids is 3. The highest BCUT2D eigenvalue weighted by Crippen LogP contribution is 2.27. The molecule has 2 bridgehead atoms. The normalized spacial score (nSPS) is 23.7. The Balaban J connectivity index is 1.32. The summed E-state index contributed by atoms with van der Waals surface area (Å²) in [6, 6.07) is 11.5. The molecular formula is C28H31N7O4. The fourth-order valence-corrected chi connectivity index (χ4v) is 5.71. The van der Waals surface area contributed by atoms with Crippen LogP contribution in [0.25, 0.3) is 0 Å². The van der Waals surface area contributed by atoms with Crippen LogP contribution in [0.1, 0.15) is 33.0 Å². The Kier molecular flexibility index (Phi) is 6.74. The fourth-order valence-electron chi connectivity index (χ4n) is 5.71. The van der Waals surface area contributed by atoms with Gasteiger partial charge in [0.05, 0.1) is 18.6 Å². The number of piperazine rings is 1. The first-order chi connectivity index (χ1) is 19.0. The summed E-state index contributed by atoms with van der Waals surface area (Å²) in [6.45, 7) is 2.25. The molecular weight excluding hydrogens is 498 g/mol. The third-order valence-electron chi connectivity index (χ3n) is 7.79. The van der Waals surface area contributed by atoms with Crippen LogP contribution in [0.15, 0.2) is 61.1 Å². The highest BCUT2D eigenvalue weighted by Gasteiger charge is 2.44. The first kappa shape index (κ1) is 25.1. The van der Waals surface area contributed by atoms with Crippen LogP contribution in [0.3, 0.4) is 0 Å². The molecule has 3 atom stereocenters. The third kappa shape index (κ3) is 4.97. The molecule has 0 aliphatic carbocycles. The van der Waals surface area contributed by atoms with Gasteiger partial charge in [-0.05, 0) is 30.7 Å². The second-order valence-electron chi connectivity index (χ2n) is 10.3. The minimum atomic E-state index is -0.432. The number of rotatable bonds is 3. The molecule has 3 aliphatic heterocycles. The number of hydrogen-bond donors (Lipinski definition) is 1. The van der Waals surface area contributed by atoms with Crippen molar-refractivity contribution in [2.24, 2.45) is 7.05 Å². The zero-order valence-electron chi connectivity index (χ0n) is 21.8. The van der Waals surface area contributed by atoms with E-state index >= 15 is 0 Å². The highest BCUT2D eigenvalue weighted by molar-refractivity contribution is 5.97. The Morgan fingerprint density at radius 3 is 2.69 bits per heavy atom. The lowest BCUT2D eigenvalue weighted by Crippen LogP contribution is -2.61. The first-order valence-electron chi connectivity index (χ1n) is 13.2. The van der Waals surface area contributed by atoms with Crippen LogP contribution >= 0.6 is 0 Å². The summed E-state index contributed by atoms with van der Waals surface area (Å²) in [5.41, 5.74) is 0.956. The molecule has 3 amide bonds. The van der Waals surface area contributed by atoms with Crippen LogP contribution in [-0.4, -0.2) is 97.9 Å². The Hall–Kier alpha value is -4.25. The molecule has 3 aromatic rings. The lowest BCUT2D eigenvalue weighted by Gasteiger charge is -2.43. The fraction of sp³-hybridized carbons (Fsp3) is 0.393. The van der Waals surface area contributed by atoms with Crippen molar-refractivity contribution >= 4 is 17.7 Å². The minimum Gasteiger partial charge on any atom is -0.475 e. The summed E-state index contributed by atoms with van der Waals surface area (Å²) in [7, 11) is 1.93. The van der Waals surface area contributed by atoms with Gasteiger partial charge in [-0.2, -0.15) is 0 Å². The van der Waals surface area contributed by atoms with Gasteiger partial charge in [0, 0.05) is 63.4 Å². The number of amides is 3. The average molecular weight is 530 g/mol. The molecule has 1 N–H and O–H groups in total. The standard InChI is InChI=1S/C28H31N7O4/c1-32-11-10-29-24(32)17-34-15-20-14-23(34)28(38)35-13-12-33(27(37)19-6-3-2-4-7-19)16-21(35)18-39-26-22(25(36)31-20)8-5-9-30-26/h2-11,20-21,23H,12-18H2,1H3,(H,31,36)/t20-,21-,23-/m0/s1. The lowest BCUT2D eigenvalue weighted by atomic mass is 10.1. The van der Waals surface area contributed by atoms with Gasteiger partial charge in [-0.15, -0.1) is 0 Å². The highest BCUT2D eigenvalue weighted by atomic mass is 16.5. The zero-order valence-corrected chi connectivity index (χ0v) is 21.8. The maximum Gasteiger partial charge on any atom is 0.257 e. The Labute approximate surface area is 226 Å². The van der Waals surface area contributed by atoms with E-state index in [4.69, 9.17) is 4.74 Å². The molecule has 2 saturated heterocycles. The van der Waals surface area contributed by atoms with Gasteiger partial charge in [-0.1, -0.05) is 18.2 Å². The molecule has 2 aromatic heterocycles. The molecule has 0 spiro atoms. The van der Waals surface area contributed by atoms with Gasteiger partial charge in [0.2, 0.25) is 11.8 Å². The van der Waals surface area contributed by atoms with Crippen LogP contribution in [0.4, 0.5) is 0 Å². The van der Waals surface area contributed by atoms with Crippen molar-refractivity contribution < 1.29 is 19.1 Å². The number of imidazole rings is 1. The van der Waals surface area contributed by atoms with Crippen LogP contribution < -0.4 is 10.1 Å². The van der Waals surface area contributed by atoms with E-state index in [1.807, 2.05) is 40.9 Å². The number of carbonyl (C=O) groups is 3. The van der Waals surface area contributed by atoms with Crippen molar-refractivity contribution in [1.29, 1.82) is 0 Å². The molecule has 0 radical (unpaired) electrons.